The quantitative estimate of drug-likeness (QED) is 0.0368. The molecule has 0 aliphatic heterocycles. The molecular formula is C30H44FN4O8PS. The number of thiol groups is 1. The molecule has 0 aliphatic rings. The van der Waals surface area contributed by atoms with Crippen molar-refractivity contribution in [1.29, 1.82) is 0 Å². The second-order valence-corrected chi connectivity index (χ2v) is 11.0. The summed E-state index contributed by atoms with van der Waals surface area (Å²) in [5, 5.41) is 12.5. The molecule has 250 valence electrons. The number of para-hydroxylation sites is 1. The summed E-state index contributed by atoms with van der Waals surface area (Å²) in [4.78, 5) is 21.3. The predicted octanol–water partition coefficient (Wildman–Crippen LogP) is 5.56. The molecule has 0 bridgehead atoms. The van der Waals surface area contributed by atoms with Crippen LogP contribution in [0.3, 0.4) is 0 Å². The highest BCUT2D eigenvalue weighted by molar-refractivity contribution is 8.41. The monoisotopic (exact) mass is 670 g/mol. The van der Waals surface area contributed by atoms with Crippen LogP contribution < -0.4 is 14.8 Å². The number of benzene rings is 2. The SMILES string of the molecule is C=CN(CCOCCOCCOCCOc1ccccc1F)/N=N\COc1ccc(C(=O)NCCCCCCOP(O)S)cc1. The Bertz CT molecular complexity index is 1100. The maximum atomic E-state index is 13.4. The van der Waals surface area contributed by atoms with Crippen molar-refractivity contribution in [3.63, 3.8) is 0 Å². The first kappa shape index (κ1) is 38.3. The van der Waals surface area contributed by atoms with Gasteiger partial charge in [0.05, 0.1) is 52.8 Å². The largest absolute Gasteiger partial charge is 0.488 e. The molecule has 0 fully saturated rings. The lowest BCUT2D eigenvalue weighted by Crippen LogP contribution is -2.24. The summed E-state index contributed by atoms with van der Waals surface area (Å²) in [6, 6.07) is 13.0. The number of nitrogens with one attached hydrogen (secondary N) is 1. The topological polar surface area (TPSA) is 133 Å². The van der Waals surface area contributed by atoms with E-state index in [4.69, 9.17) is 33.1 Å². The summed E-state index contributed by atoms with van der Waals surface area (Å²) in [5.41, 5.74) is 0.544. The van der Waals surface area contributed by atoms with E-state index in [1.165, 1.54) is 17.3 Å². The van der Waals surface area contributed by atoms with Gasteiger partial charge in [0, 0.05) is 18.3 Å². The molecule has 0 heterocycles. The summed E-state index contributed by atoms with van der Waals surface area (Å²) >= 11 is 3.80. The van der Waals surface area contributed by atoms with Gasteiger partial charge >= 0.3 is 0 Å². The number of carbonyl (C=O) groups is 1. The number of hydrogen-bond acceptors (Lipinski definition) is 11. The van der Waals surface area contributed by atoms with Crippen LogP contribution in [-0.4, -0.2) is 88.5 Å². The summed E-state index contributed by atoms with van der Waals surface area (Å²) < 4.78 is 45.8. The molecule has 0 aliphatic carbocycles. The van der Waals surface area contributed by atoms with Gasteiger partial charge in [-0.3, -0.25) is 9.80 Å². The van der Waals surface area contributed by atoms with E-state index in [2.05, 4.69) is 34.5 Å². The molecule has 15 heteroatoms. The molecule has 0 saturated heterocycles. The van der Waals surface area contributed by atoms with Gasteiger partial charge in [0.25, 0.3) is 5.91 Å². The van der Waals surface area contributed by atoms with Gasteiger partial charge in [0.15, 0.2) is 11.6 Å². The van der Waals surface area contributed by atoms with Crippen molar-refractivity contribution >= 4 is 25.7 Å². The van der Waals surface area contributed by atoms with Gasteiger partial charge in [-0.2, -0.15) is 0 Å². The fraction of sp³-hybridized carbons (Fsp3) is 0.500. The number of carbonyl (C=O) groups excluding carboxylic acids is 1. The first-order chi connectivity index (χ1) is 22.0. The molecule has 0 saturated carbocycles. The Hall–Kier alpha value is -2.84. The van der Waals surface area contributed by atoms with Gasteiger partial charge in [-0.05, 0) is 49.2 Å². The molecule has 2 N–H and O–H groups in total. The van der Waals surface area contributed by atoms with E-state index < -0.39 is 13.4 Å². The van der Waals surface area contributed by atoms with E-state index in [1.807, 2.05) is 0 Å². The Balaban J connectivity index is 1.44. The van der Waals surface area contributed by atoms with Crippen molar-refractivity contribution in [2.45, 2.75) is 25.7 Å². The lowest BCUT2D eigenvalue weighted by atomic mass is 10.2. The van der Waals surface area contributed by atoms with Gasteiger partial charge in [0.1, 0.15) is 12.4 Å². The molecule has 12 nitrogen and oxygen atoms in total. The third-order valence-corrected chi connectivity index (χ3v) is 6.65. The van der Waals surface area contributed by atoms with E-state index in [0.29, 0.717) is 70.7 Å². The highest BCUT2D eigenvalue weighted by atomic mass is 32.7. The van der Waals surface area contributed by atoms with Crippen molar-refractivity contribution in [3.05, 3.63) is 72.7 Å². The van der Waals surface area contributed by atoms with E-state index in [9.17, 15) is 9.18 Å². The molecule has 0 aromatic heterocycles. The van der Waals surface area contributed by atoms with E-state index in [0.717, 1.165) is 25.7 Å². The molecule has 0 radical (unpaired) electrons. The Morgan fingerprint density at radius 3 is 2.27 bits per heavy atom. The van der Waals surface area contributed by atoms with Crippen LogP contribution in [0.25, 0.3) is 0 Å². The van der Waals surface area contributed by atoms with Crippen LogP contribution in [0.4, 0.5) is 4.39 Å². The van der Waals surface area contributed by atoms with Crippen molar-refractivity contribution < 1.29 is 42.3 Å². The minimum Gasteiger partial charge on any atom is -0.488 e. The van der Waals surface area contributed by atoms with Crippen LogP contribution in [0, 0.1) is 5.82 Å². The Morgan fingerprint density at radius 2 is 1.58 bits per heavy atom. The average Bonchev–Trinajstić information content (AvgIpc) is 3.04. The highest BCUT2D eigenvalue weighted by Gasteiger charge is 2.06. The van der Waals surface area contributed by atoms with Gasteiger partial charge in [-0.1, -0.05) is 49.0 Å². The third-order valence-electron chi connectivity index (χ3n) is 5.89. The number of unbranched alkanes of at least 4 members (excludes halogenated alkanes) is 3. The lowest BCUT2D eigenvalue weighted by Gasteiger charge is -2.12. The van der Waals surface area contributed by atoms with Crippen molar-refractivity contribution in [3.8, 4) is 11.5 Å². The highest BCUT2D eigenvalue weighted by Crippen LogP contribution is 2.36. The predicted molar refractivity (Wildman–Crippen MR) is 173 cm³/mol. The summed E-state index contributed by atoms with van der Waals surface area (Å²) in [5.74, 6) is 0.234. The van der Waals surface area contributed by atoms with Crippen molar-refractivity contribution in [2.75, 3.05) is 72.7 Å². The molecule has 2 aromatic rings. The van der Waals surface area contributed by atoms with Gasteiger partial charge in [-0.25, -0.2) is 4.39 Å². The fourth-order valence-corrected chi connectivity index (χ4v) is 4.13. The molecule has 2 aromatic carbocycles. The number of hydrogen-bond donors (Lipinski definition) is 3. The zero-order valence-corrected chi connectivity index (χ0v) is 27.2. The minimum absolute atomic E-state index is 0.000926. The van der Waals surface area contributed by atoms with Gasteiger partial charge in [-0.15, -0.1) is 5.11 Å². The lowest BCUT2D eigenvalue weighted by molar-refractivity contribution is 0.00708. The Kier molecular flexibility index (Phi) is 21.6. The number of rotatable bonds is 27. The average molecular weight is 671 g/mol. The molecule has 1 unspecified atom stereocenters. The van der Waals surface area contributed by atoms with Gasteiger partial charge in [0.2, 0.25) is 14.3 Å². The van der Waals surface area contributed by atoms with E-state index in [1.54, 1.807) is 42.5 Å². The molecule has 0 spiro atoms. The smallest absolute Gasteiger partial charge is 0.251 e. The zero-order chi connectivity index (χ0) is 32.4. The second-order valence-electron chi connectivity index (χ2n) is 9.25. The zero-order valence-electron chi connectivity index (χ0n) is 25.4. The number of amides is 1. The first-order valence-electron chi connectivity index (χ1n) is 14.7. The number of nitrogens with zero attached hydrogens (tertiary/aromatic N) is 3. The molecular weight excluding hydrogens is 626 g/mol. The molecule has 1 atom stereocenters. The fourth-order valence-electron chi connectivity index (χ4n) is 3.59. The molecule has 45 heavy (non-hydrogen) atoms. The van der Waals surface area contributed by atoms with Crippen LogP contribution in [-0.2, 0) is 18.7 Å². The standard InChI is InChI=1S/C30H44FN4O8PS/c1-2-35(16-18-38-19-20-39-21-22-40-23-24-41-29-10-6-5-9-28(29)31)34-33-25-42-27-13-11-26(12-14-27)30(36)32-15-7-3-4-8-17-43-44(37)45/h2,5-6,9-14,37,45H,1,3-4,7-8,15-25H2,(H,32,36)/b34-33-. The van der Waals surface area contributed by atoms with Gasteiger partial charge < -0.3 is 38.4 Å². The van der Waals surface area contributed by atoms with Crippen LogP contribution in [0.15, 0.2) is 71.6 Å². The third kappa shape index (κ3) is 19.3. The van der Waals surface area contributed by atoms with Crippen LogP contribution in [0.1, 0.15) is 36.0 Å². The van der Waals surface area contributed by atoms with E-state index in [-0.39, 0.29) is 25.0 Å². The number of ether oxygens (including phenoxy) is 5. The van der Waals surface area contributed by atoms with Crippen LogP contribution >= 0.6 is 19.8 Å². The van der Waals surface area contributed by atoms with E-state index >= 15 is 0 Å². The minimum atomic E-state index is -1.59. The summed E-state index contributed by atoms with van der Waals surface area (Å²) in [7, 11) is -1.59. The maximum Gasteiger partial charge on any atom is 0.251 e. The molecule has 1 amide bonds. The normalized spacial score (nSPS) is 11.8. The van der Waals surface area contributed by atoms with Crippen LogP contribution in [0.2, 0.25) is 0 Å². The van der Waals surface area contributed by atoms with Crippen LogP contribution in [0.5, 0.6) is 11.5 Å². The molecule has 2 rings (SSSR count). The second kappa shape index (κ2) is 25.4. The Labute approximate surface area is 270 Å². The number of halogens is 1. The maximum absolute atomic E-state index is 13.4. The van der Waals surface area contributed by atoms with Crippen molar-refractivity contribution in [1.82, 2.24) is 10.3 Å². The summed E-state index contributed by atoms with van der Waals surface area (Å²) in [6.45, 7) is 7.89. The first-order valence-corrected chi connectivity index (χ1v) is 17.0. The summed E-state index contributed by atoms with van der Waals surface area (Å²) in [6.07, 6.45) is 5.17. The Morgan fingerprint density at radius 1 is 0.911 bits per heavy atom. The van der Waals surface area contributed by atoms with Crippen molar-refractivity contribution in [2.24, 2.45) is 10.3 Å².